The van der Waals surface area contributed by atoms with Crippen LogP contribution in [0.3, 0.4) is 0 Å². The van der Waals surface area contributed by atoms with E-state index in [1.54, 1.807) is 13.3 Å². The molecule has 130 valence electrons. The fourth-order valence-corrected chi connectivity index (χ4v) is 3.34. The highest BCUT2D eigenvalue weighted by Crippen LogP contribution is 2.30. The summed E-state index contributed by atoms with van der Waals surface area (Å²) in [5, 5.41) is 21.4. The van der Waals surface area contributed by atoms with Crippen molar-refractivity contribution in [1.82, 2.24) is 20.2 Å². The standard InChI is InChI=1S/C18H21N5O2/c1-25-15-4-2-3-13-16(22-23-17(13)15)14-9-10-19-18(21-14)20-11-5-7-12(24)8-6-11/h2-4,9-12,24H,5-8H2,1H3,(H,22,23)(H,19,20,21). The molecule has 3 N–H and O–H groups in total. The molecule has 2 aromatic heterocycles. The number of rotatable bonds is 4. The lowest BCUT2D eigenvalue weighted by Crippen LogP contribution is -2.28. The number of para-hydroxylation sites is 1. The summed E-state index contributed by atoms with van der Waals surface area (Å²) in [6.45, 7) is 0. The number of aromatic nitrogens is 4. The van der Waals surface area contributed by atoms with Crippen LogP contribution in [0.2, 0.25) is 0 Å². The number of aromatic amines is 1. The molecule has 0 unspecified atom stereocenters. The number of aliphatic hydroxyl groups excluding tert-OH is 1. The smallest absolute Gasteiger partial charge is 0.223 e. The van der Waals surface area contributed by atoms with E-state index in [1.165, 1.54) is 0 Å². The van der Waals surface area contributed by atoms with E-state index in [-0.39, 0.29) is 6.10 Å². The summed E-state index contributed by atoms with van der Waals surface area (Å²) in [5.74, 6) is 1.35. The number of ether oxygens (including phenoxy) is 1. The Balaban J connectivity index is 1.61. The van der Waals surface area contributed by atoms with Crippen LogP contribution in [-0.4, -0.2) is 44.5 Å². The molecule has 0 spiro atoms. The van der Waals surface area contributed by atoms with Gasteiger partial charge in [-0.15, -0.1) is 0 Å². The molecule has 4 rings (SSSR count). The molecule has 7 heteroatoms. The van der Waals surface area contributed by atoms with E-state index in [0.29, 0.717) is 12.0 Å². The summed E-state index contributed by atoms with van der Waals surface area (Å²) >= 11 is 0. The fourth-order valence-electron chi connectivity index (χ4n) is 3.34. The van der Waals surface area contributed by atoms with Gasteiger partial charge in [-0.25, -0.2) is 9.97 Å². The van der Waals surface area contributed by atoms with E-state index in [9.17, 15) is 5.11 Å². The predicted octanol–water partition coefficient (Wildman–Crippen LogP) is 2.74. The van der Waals surface area contributed by atoms with Crippen molar-refractivity contribution in [2.24, 2.45) is 0 Å². The van der Waals surface area contributed by atoms with E-state index in [0.717, 1.165) is 53.7 Å². The van der Waals surface area contributed by atoms with Gasteiger partial charge < -0.3 is 15.2 Å². The Morgan fingerprint density at radius 2 is 2.04 bits per heavy atom. The molecule has 0 aliphatic heterocycles. The molecule has 1 aliphatic carbocycles. The van der Waals surface area contributed by atoms with Crippen molar-refractivity contribution in [3.05, 3.63) is 30.5 Å². The minimum Gasteiger partial charge on any atom is -0.494 e. The maximum atomic E-state index is 9.62. The Kier molecular flexibility index (Phi) is 4.23. The van der Waals surface area contributed by atoms with Gasteiger partial charge in [0.05, 0.1) is 18.9 Å². The largest absolute Gasteiger partial charge is 0.494 e. The number of hydrogen-bond acceptors (Lipinski definition) is 6. The van der Waals surface area contributed by atoms with Crippen molar-refractivity contribution < 1.29 is 9.84 Å². The highest BCUT2D eigenvalue weighted by atomic mass is 16.5. The number of H-pyrrole nitrogens is 1. The topological polar surface area (TPSA) is 95.9 Å². The van der Waals surface area contributed by atoms with Crippen LogP contribution in [0, 0.1) is 0 Å². The lowest BCUT2D eigenvalue weighted by molar-refractivity contribution is 0.126. The average Bonchev–Trinajstić information content (AvgIpc) is 3.08. The second-order valence-electron chi connectivity index (χ2n) is 6.37. The molecule has 1 aromatic carbocycles. The minimum atomic E-state index is -0.171. The van der Waals surface area contributed by atoms with Crippen LogP contribution >= 0.6 is 0 Å². The molecule has 0 bridgehead atoms. The van der Waals surface area contributed by atoms with E-state index in [4.69, 9.17) is 4.74 Å². The minimum absolute atomic E-state index is 0.171. The molecule has 1 fully saturated rings. The number of benzene rings is 1. The van der Waals surface area contributed by atoms with Crippen molar-refractivity contribution in [3.63, 3.8) is 0 Å². The lowest BCUT2D eigenvalue weighted by atomic mass is 9.93. The normalized spacial score (nSPS) is 20.6. The highest BCUT2D eigenvalue weighted by molar-refractivity contribution is 5.95. The summed E-state index contributed by atoms with van der Waals surface area (Å²) in [5.41, 5.74) is 2.39. The van der Waals surface area contributed by atoms with Gasteiger partial charge in [0.1, 0.15) is 17.0 Å². The number of nitrogens with one attached hydrogen (secondary N) is 2. The third-order valence-corrected chi connectivity index (χ3v) is 4.71. The Labute approximate surface area is 145 Å². The summed E-state index contributed by atoms with van der Waals surface area (Å²) < 4.78 is 5.37. The van der Waals surface area contributed by atoms with Crippen LogP contribution in [0.15, 0.2) is 30.5 Å². The summed E-state index contributed by atoms with van der Waals surface area (Å²) in [6, 6.07) is 7.98. The van der Waals surface area contributed by atoms with Gasteiger partial charge in [0.15, 0.2) is 0 Å². The zero-order valence-corrected chi connectivity index (χ0v) is 14.1. The molecule has 3 aromatic rings. The number of anilines is 1. The van der Waals surface area contributed by atoms with Crippen LogP contribution in [-0.2, 0) is 0 Å². The molecule has 0 atom stereocenters. The zero-order chi connectivity index (χ0) is 17.2. The summed E-state index contributed by atoms with van der Waals surface area (Å²) in [6.07, 6.45) is 5.07. The molecular weight excluding hydrogens is 318 g/mol. The molecule has 2 heterocycles. The number of nitrogens with zero attached hydrogens (tertiary/aromatic N) is 3. The Morgan fingerprint density at radius 3 is 2.84 bits per heavy atom. The molecule has 0 amide bonds. The van der Waals surface area contributed by atoms with Gasteiger partial charge >= 0.3 is 0 Å². The van der Waals surface area contributed by atoms with Gasteiger partial charge in [-0.05, 0) is 37.8 Å². The second-order valence-corrected chi connectivity index (χ2v) is 6.37. The average molecular weight is 339 g/mol. The second kappa shape index (κ2) is 6.68. The maximum Gasteiger partial charge on any atom is 0.223 e. The monoisotopic (exact) mass is 339 g/mol. The Hall–Kier alpha value is -2.67. The van der Waals surface area contributed by atoms with E-state index in [1.807, 2.05) is 24.3 Å². The Bertz CT molecular complexity index is 871. The van der Waals surface area contributed by atoms with Crippen LogP contribution in [0.4, 0.5) is 5.95 Å². The van der Waals surface area contributed by atoms with E-state index < -0.39 is 0 Å². The van der Waals surface area contributed by atoms with Crippen molar-refractivity contribution in [3.8, 4) is 17.1 Å². The molecule has 25 heavy (non-hydrogen) atoms. The quantitative estimate of drug-likeness (QED) is 0.676. The first-order chi connectivity index (χ1) is 12.2. The van der Waals surface area contributed by atoms with Crippen LogP contribution in [0.5, 0.6) is 5.75 Å². The first kappa shape index (κ1) is 15.8. The molecule has 7 nitrogen and oxygen atoms in total. The third-order valence-electron chi connectivity index (χ3n) is 4.71. The number of aliphatic hydroxyl groups is 1. The first-order valence-electron chi connectivity index (χ1n) is 8.53. The number of methoxy groups -OCH3 is 1. The van der Waals surface area contributed by atoms with Crippen molar-refractivity contribution in [2.75, 3.05) is 12.4 Å². The highest BCUT2D eigenvalue weighted by Gasteiger charge is 2.20. The first-order valence-corrected chi connectivity index (χ1v) is 8.53. The predicted molar refractivity (Wildman–Crippen MR) is 95.6 cm³/mol. The van der Waals surface area contributed by atoms with Crippen molar-refractivity contribution in [1.29, 1.82) is 0 Å². The van der Waals surface area contributed by atoms with Gasteiger partial charge in [0.25, 0.3) is 0 Å². The molecule has 1 aliphatic rings. The van der Waals surface area contributed by atoms with Crippen LogP contribution in [0.25, 0.3) is 22.3 Å². The summed E-state index contributed by atoms with van der Waals surface area (Å²) in [4.78, 5) is 8.95. The van der Waals surface area contributed by atoms with E-state index in [2.05, 4.69) is 25.5 Å². The molecule has 0 radical (unpaired) electrons. The fraction of sp³-hybridized carbons (Fsp3) is 0.389. The maximum absolute atomic E-state index is 9.62. The van der Waals surface area contributed by atoms with Gasteiger partial charge in [-0.1, -0.05) is 12.1 Å². The third kappa shape index (κ3) is 3.15. The van der Waals surface area contributed by atoms with E-state index >= 15 is 0 Å². The van der Waals surface area contributed by atoms with Crippen LogP contribution < -0.4 is 10.1 Å². The Morgan fingerprint density at radius 1 is 1.20 bits per heavy atom. The van der Waals surface area contributed by atoms with Crippen molar-refractivity contribution in [2.45, 2.75) is 37.8 Å². The molecule has 0 saturated heterocycles. The molecule has 1 saturated carbocycles. The molecular formula is C18H21N5O2. The number of hydrogen-bond donors (Lipinski definition) is 3. The van der Waals surface area contributed by atoms with Crippen molar-refractivity contribution >= 4 is 16.9 Å². The lowest BCUT2D eigenvalue weighted by Gasteiger charge is -2.26. The number of fused-ring (bicyclic) bond motifs is 1. The van der Waals surface area contributed by atoms with Gasteiger partial charge in [0.2, 0.25) is 5.95 Å². The zero-order valence-electron chi connectivity index (χ0n) is 14.1. The SMILES string of the molecule is COc1cccc2c(-c3ccnc(NC4CCC(O)CC4)n3)n[nH]c12. The van der Waals surface area contributed by atoms with Gasteiger partial charge in [0, 0.05) is 17.6 Å². The van der Waals surface area contributed by atoms with Gasteiger partial charge in [-0.2, -0.15) is 5.10 Å². The van der Waals surface area contributed by atoms with Crippen LogP contribution in [0.1, 0.15) is 25.7 Å². The summed E-state index contributed by atoms with van der Waals surface area (Å²) in [7, 11) is 1.64. The van der Waals surface area contributed by atoms with Gasteiger partial charge in [-0.3, -0.25) is 5.10 Å².